The van der Waals surface area contributed by atoms with Crippen molar-refractivity contribution in [1.82, 2.24) is 15.0 Å². The molecule has 2 rings (SSSR count). The minimum Gasteiger partial charge on any atom is -0.481 e. The van der Waals surface area contributed by atoms with Gasteiger partial charge in [-0.3, -0.25) is 9.69 Å². The molecule has 0 aliphatic carbocycles. The van der Waals surface area contributed by atoms with E-state index in [-0.39, 0.29) is 11.8 Å². The molecule has 6 nitrogen and oxygen atoms in total. The first-order valence-electron chi connectivity index (χ1n) is 6.36. The highest BCUT2D eigenvalue weighted by Gasteiger charge is 2.35. The molecule has 1 fully saturated rings. The lowest BCUT2D eigenvalue weighted by Crippen LogP contribution is -2.50. The average Bonchev–Trinajstić information content (AvgIpc) is 2.70. The molecule has 1 aromatic rings. The van der Waals surface area contributed by atoms with E-state index in [2.05, 4.69) is 22.0 Å². The Kier molecular flexibility index (Phi) is 3.96. The van der Waals surface area contributed by atoms with Crippen LogP contribution in [-0.2, 0) is 17.8 Å². The van der Waals surface area contributed by atoms with Crippen molar-refractivity contribution >= 4 is 5.97 Å². The highest BCUT2D eigenvalue weighted by molar-refractivity contribution is 5.70. The Hall–Kier alpha value is -1.43. The van der Waals surface area contributed by atoms with Crippen molar-refractivity contribution in [2.24, 2.45) is 11.8 Å². The Balaban J connectivity index is 1.77. The minimum atomic E-state index is -0.718. The fourth-order valence-electron chi connectivity index (χ4n) is 2.13. The predicted molar refractivity (Wildman–Crippen MR) is 63.9 cm³/mol. The summed E-state index contributed by atoms with van der Waals surface area (Å²) in [5.74, 6) is 0.625. The normalized spacial score (nSPS) is 18.6. The van der Waals surface area contributed by atoms with Gasteiger partial charge in [0.25, 0.3) is 0 Å². The van der Waals surface area contributed by atoms with Gasteiger partial charge in [0, 0.05) is 19.5 Å². The van der Waals surface area contributed by atoms with Gasteiger partial charge in [-0.05, 0) is 12.3 Å². The molecule has 1 aliphatic rings. The zero-order chi connectivity index (χ0) is 13.1. The molecule has 0 bridgehead atoms. The number of hydrogen-bond acceptors (Lipinski definition) is 5. The minimum absolute atomic E-state index is 0.240. The first-order chi connectivity index (χ1) is 8.60. The SMILES string of the molecule is CCCc1nc(CN2CC(C(C)C(=O)O)C2)no1. The van der Waals surface area contributed by atoms with E-state index < -0.39 is 5.97 Å². The van der Waals surface area contributed by atoms with Gasteiger partial charge >= 0.3 is 5.97 Å². The second-order valence-electron chi connectivity index (χ2n) is 4.94. The molecule has 1 unspecified atom stereocenters. The third-order valence-electron chi connectivity index (χ3n) is 3.42. The van der Waals surface area contributed by atoms with Crippen molar-refractivity contribution in [3.05, 3.63) is 11.7 Å². The molecule has 0 amide bonds. The van der Waals surface area contributed by atoms with Crippen molar-refractivity contribution in [2.45, 2.75) is 33.2 Å². The van der Waals surface area contributed by atoms with Gasteiger partial charge in [-0.2, -0.15) is 4.98 Å². The summed E-state index contributed by atoms with van der Waals surface area (Å²) in [5, 5.41) is 12.8. The molecule has 1 N–H and O–H groups in total. The van der Waals surface area contributed by atoms with E-state index in [4.69, 9.17) is 9.63 Å². The molecule has 1 aromatic heterocycles. The van der Waals surface area contributed by atoms with Crippen LogP contribution in [0.25, 0.3) is 0 Å². The molecule has 0 spiro atoms. The number of aryl methyl sites for hydroxylation is 1. The summed E-state index contributed by atoms with van der Waals surface area (Å²) < 4.78 is 5.11. The number of carboxylic acid groups (broad SMARTS) is 1. The molecule has 1 saturated heterocycles. The van der Waals surface area contributed by atoms with Crippen molar-refractivity contribution in [3.63, 3.8) is 0 Å². The lowest BCUT2D eigenvalue weighted by molar-refractivity contribution is -0.145. The lowest BCUT2D eigenvalue weighted by Gasteiger charge is -2.40. The van der Waals surface area contributed by atoms with Crippen LogP contribution >= 0.6 is 0 Å². The Morgan fingerprint density at radius 2 is 2.33 bits per heavy atom. The van der Waals surface area contributed by atoms with Crippen molar-refractivity contribution in [2.75, 3.05) is 13.1 Å². The predicted octanol–water partition coefficient (Wildman–Crippen LogP) is 1.17. The number of aliphatic carboxylic acids is 1. The van der Waals surface area contributed by atoms with Crippen LogP contribution in [0, 0.1) is 11.8 Å². The summed E-state index contributed by atoms with van der Waals surface area (Å²) in [6.45, 7) is 6.07. The summed E-state index contributed by atoms with van der Waals surface area (Å²) >= 11 is 0. The monoisotopic (exact) mass is 253 g/mol. The van der Waals surface area contributed by atoms with E-state index in [1.54, 1.807) is 6.92 Å². The third-order valence-corrected chi connectivity index (χ3v) is 3.42. The molecular weight excluding hydrogens is 234 g/mol. The smallest absolute Gasteiger partial charge is 0.306 e. The Morgan fingerprint density at radius 1 is 1.61 bits per heavy atom. The molecule has 0 aromatic carbocycles. The number of likely N-dealkylation sites (tertiary alicyclic amines) is 1. The van der Waals surface area contributed by atoms with Crippen LogP contribution in [0.2, 0.25) is 0 Å². The molecule has 0 radical (unpaired) electrons. The van der Waals surface area contributed by atoms with Crippen LogP contribution in [0.3, 0.4) is 0 Å². The van der Waals surface area contributed by atoms with E-state index in [1.807, 2.05) is 0 Å². The van der Waals surface area contributed by atoms with Gasteiger partial charge < -0.3 is 9.63 Å². The molecular formula is C12H19N3O3. The molecule has 2 heterocycles. The van der Waals surface area contributed by atoms with Gasteiger partial charge in [0.15, 0.2) is 5.82 Å². The second-order valence-corrected chi connectivity index (χ2v) is 4.94. The number of carboxylic acids is 1. The van der Waals surface area contributed by atoms with Gasteiger partial charge in [0.1, 0.15) is 0 Å². The molecule has 1 aliphatic heterocycles. The number of rotatable bonds is 6. The maximum absolute atomic E-state index is 10.8. The summed E-state index contributed by atoms with van der Waals surface area (Å²) in [4.78, 5) is 17.3. The van der Waals surface area contributed by atoms with Gasteiger partial charge in [0.05, 0.1) is 12.5 Å². The Labute approximate surface area is 106 Å². The Morgan fingerprint density at radius 3 is 2.94 bits per heavy atom. The van der Waals surface area contributed by atoms with E-state index in [0.29, 0.717) is 18.3 Å². The zero-order valence-corrected chi connectivity index (χ0v) is 10.8. The van der Waals surface area contributed by atoms with E-state index >= 15 is 0 Å². The van der Waals surface area contributed by atoms with Gasteiger partial charge in [-0.1, -0.05) is 19.0 Å². The Bertz CT molecular complexity index is 412. The van der Waals surface area contributed by atoms with Crippen molar-refractivity contribution < 1.29 is 14.4 Å². The third kappa shape index (κ3) is 2.87. The highest BCUT2D eigenvalue weighted by atomic mass is 16.5. The summed E-state index contributed by atoms with van der Waals surface area (Å²) in [6, 6.07) is 0. The second kappa shape index (κ2) is 5.48. The van der Waals surface area contributed by atoms with Gasteiger partial charge in [-0.25, -0.2) is 0 Å². The number of hydrogen-bond donors (Lipinski definition) is 1. The number of aromatic nitrogens is 2. The van der Waals surface area contributed by atoms with Crippen LogP contribution in [0.15, 0.2) is 4.52 Å². The number of nitrogens with zero attached hydrogens (tertiary/aromatic N) is 3. The average molecular weight is 253 g/mol. The zero-order valence-electron chi connectivity index (χ0n) is 10.8. The molecule has 100 valence electrons. The quantitative estimate of drug-likeness (QED) is 0.820. The van der Waals surface area contributed by atoms with Gasteiger partial charge in [-0.15, -0.1) is 0 Å². The van der Waals surface area contributed by atoms with Crippen molar-refractivity contribution in [3.8, 4) is 0 Å². The van der Waals surface area contributed by atoms with Crippen LogP contribution in [0.4, 0.5) is 0 Å². The van der Waals surface area contributed by atoms with Crippen LogP contribution < -0.4 is 0 Å². The van der Waals surface area contributed by atoms with Crippen LogP contribution in [0.1, 0.15) is 32.0 Å². The highest BCUT2D eigenvalue weighted by Crippen LogP contribution is 2.25. The van der Waals surface area contributed by atoms with E-state index in [0.717, 1.165) is 25.9 Å². The topological polar surface area (TPSA) is 79.5 Å². The summed E-state index contributed by atoms with van der Waals surface area (Å²) in [7, 11) is 0. The fraction of sp³-hybridized carbons (Fsp3) is 0.750. The molecule has 18 heavy (non-hydrogen) atoms. The van der Waals surface area contributed by atoms with Gasteiger partial charge in [0.2, 0.25) is 5.89 Å². The fourth-order valence-corrected chi connectivity index (χ4v) is 2.13. The molecule has 0 saturated carbocycles. The number of carbonyl (C=O) groups is 1. The molecule has 1 atom stereocenters. The van der Waals surface area contributed by atoms with E-state index in [9.17, 15) is 4.79 Å². The van der Waals surface area contributed by atoms with Crippen molar-refractivity contribution in [1.29, 1.82) is 0 Å². The van der Waals surface area contributed by atoms with E-state index in [1.165, 1.54) is 0 Å². The summed E-state index contributed by atoms with van der Waals surface area (Å²) in [5.41, 5.74) is 0. The molecule has 6 heteroatoms. The maximum atomic E-state index is 10.8. The lowest BCUT2D eigenvalue weighted by atomic mass is 9.87. The van der Waals surface area contributed by atoms with Crippen LogP contribution in [-0.4, -0.2) is 39.2 Å². The van der Waals surface area contributed by atoms with Crippen LogP contribution in [0.5, 0.6) is 0 Å². The first-order valence-corrected chi connectivity index (χ1v) is 6.36. The first kappa shape index (κ1) is 13.0. The largest absolute Gasteiger partial charge is 0.481 e. The standard InChI is InChI=1S/C12H19N3O3/c1-3-4-11-13-10(14-18-11)7-15-5-9(6-15)8(2)12(16)17/h8-9H,3-7H2,1-2H3,(H,16,17). The summed E-state index contributed by atoms with van der Waals surface area (Å²) in [6.07, 6.45) is 1.80. The maximum Gasteiger partial charge on any atom is 0.306 e.